The van der Waals surface area contributed by atoms with E-state index in [0.29, 0.717) is 18.3 Å². The molecule has 3 aromatic rings. The summed E-state index contributed by atoms with van der Waals surface area (Å²) in [7, 11) is 1.67. The Balaban J connectivity index is 1.49. The fourth-order valence-electron chi connectivity index (χ4n) is 2.47. The van der Waals surface area contributed by atoms with E-state index in [1.54, 1.807) is 13.3 Å². The number of aryl methyl sites for hydroxylation is 1. The van der Waals surface area contributed by atoms with Crippen molar-refractivity contribution in [1.82, 2.24) is 15.2 Å². The molecule has 0 radical (unpaired) electrons. The van der Waals surface area contributed by atoms with E-state index >= 15 is 0 Å². The summed E-state index contributed by atoms with van der Waals surface area (Å²) in [6.45, 7) is 3.51. The molecule has 6 heteroatoms. The van der Waals surface area contributed by atoms with E-state index in [2.05, 4.69) is 69.1 Å². The molecule has 0 aliphatic rings. The van der Waals surface area contributed by atoms with Gasteiger partial charge in [0.15, 0.2) is 5.82 Å². The number of methoxy groups -OCH3 is 1. The van der Waals surface area contributed by atoms with Gasteiger partial charge in [-0.05, 0) is 36.6 Å². The average molecular weight is 349 g/mol. The summed E-state index contributed by atoms with van der Waals surface area (Å²) in [4.78, 5) is 4.45. The maximum absolute atomic E-state index is 5.17. The molecular weight excluding hydrogens is 326 g/mol. The third kappa shape index (κ3) is 5.17. The normalized spacial score (nSPS) is 10.4. The van der Waals surface area contributed by atoms with Gasteiger partial charge in [0.2, 0.25) is 5.95 Å². The van der Waals surface area contributed by atoms with Gasteiger partial charge in [0.1, 0.15) is 5.75 Å². The SMILES string of the molecule is COc1ccc(CCNc2nncc(NCc3ccc(C)cc3)n2)cc1. The van der Waals surface area contributed by atoms with Crippen molar-refractivity contribution in [3.63, 3.8) is 0 Å². The van der Waals surface area contributed by atoms with Crippen LogP contribution in [0.25, 0.3) is 0 Å². The molecule has 2 N–H and O–H groups in total. The second-order valence-corrected chi connectivity index (χ2v) is 6.03. The Bertz CT molecular complexity index is 818. The first-order valence-corrected chi connectivity index (χ1v) is 8.59. The summed E-state index contributed by atoms with van der Waals surface area (Å²) in [5, 5.41) is 14.5. The number of hydrogen-bond acceptors (Lipinski definition) is 6. The number of anilines is 2. The molecule has 0 saturated carbocycles. The van der Waals surface area contributed by atoms with Crippen molar-refractivity contribution in [2.75, 3.05) is 24.3 Å². The van der Waals surface area contributed by atoms with E-state index in [1.807, 2.05) is 12.1 Å². The zero-order chi connectivity index (χ0) is 18.2. The molecule has 0 bridgehead atoms. The lowest BCUT2D eigenvalue weighted by Crippen LogP contribution is -2.10. The maximum atomic E-state index is 5.17. The minimum atomic E-state index is 0.521. The molecule has 0 fully saturated rings. The average Bonchev–Trinajstić information content (AvgIpc) is 2.68. The zero-order valence-electron chi connectivity index (χ0n) is 15.1. The van der Waals surface area contributed by atoms with Gasteiger partial charge in [-0.15, -0.1) is 5.10 Å². The summed E-state index contributed by atoms with van der Waals surface area (Å²) < 4.78 is 5.17. The number of hydrogen-bond donors (Lipinski definition) is 2. The minimum absolute atomic E-state index is 0.521. The molecule has 3 rings (SSSR count). The van der Waals surface area contributed by atoms with Gasteiger partial charge in [0, 0.05) is 13.1 Å². The van der Waals surface area contributed by atoms with Crippen molar-refractivity contribution in [3.05, 3.63) is 71.4 Å². The van der Waals surface area contributed by atoms with Gasteiger partial charge < -0.3 is 15.4 Å². The van der Waals surface area contributed by atoms with Crippen LogP contribution in [0, 0.1) is 6.92 Å². The van der Waals surface area contributed by atoms with Crippen LogP contribution in [-0.2, 0) is 13.0 Å². The molecule has 0 amide bonds. The van der Waals surface area contributed by atoms with E-state index in [1.165, 1.54) is 16.7 Å². The van der Waals surface area contributed by atoms with Crippen LogP contribution in [0.3, 0.4) is 0 Å². The van der Waals surface area contributed by atoms with Gasteiger partial charge in [-0.3, -0.25) is 0 Å². The van der Waals surface area contributed by atoms with Crippen LogP contribution in [0.5, 0.6) is 5.75 Å². The van der Waals surface area contributed by atoms with Crippen LogP contribution in [0.4, 0.5) is 11.8 Å². The van der Waals surface area contributed by atoms with Crippen molar-refractivity contribution in [2.45, 2.75) is 19.9 Å². The van der Waals surface area contributed by atoms with Crippen LogP contribution in [0.15, 0.2) is 54.7 Å². The lowest BCUT2D eigenvalue weighted by atomic mass is 10.1. The Morgan fingerprint density at radius 1 is 0.923 bits per heavy atom. The van der Waals surface area contributed by atoms with Crippen LogP contribution in [0.1, 0.15) is 16.7 Å². The third-order valence-electron chi connectivity index (χ3n) is 4.01. The number of nitrogens with one attached hydrogen (secondary N) is 2. The minimum Gasteiger partial charge on any atom is -0.497 e. The first-order chi connectivity index (χ1) is 12.7. The van der Waals surface area contributed by atoms with E-state index in [4.69, 9.17) is 4.74 Å². The van der Waals surface area contributed by atoms with Gasteiger partial charge in [0.25, 0.3) is 0 Å². The summed E-state index contributed by atoms with van der Waals surface area (Å²) in [6, 6.07) is 16.4. The Hall–Kier alpha value is -3.15. The first-order valence-electron chi connectivity index (χ1n) is 8.59. The fourth-order valence-corrected chi connectivity index (χ4v) is 2.47. The maximum Gasteiger partial charge on any atom is 0.244 e. The highest BCUT2D eigenvalue weighted by atomic mass is 16.5. The summed E-state index contributed by atoms with van der Waals surface area (Å²) in [5.74, 6) is 2.08. The van der Waals surface area contributed by atoms with Crippen molar-refractivity contribution in [1.29, 1.82) is 0 Å². The van der Waals surface area contributed by atoms with E-state index in [-0.39, 0.29) is 0 Å². The lowest BCUT2D eigenvalue weighted by Gasteiger charge is -2.08. The zero-order valence-corrected chi connectivity index (χ0v) is 15.1. The largest absolute Gasteiger partial charge is 0.497 e. The second kappa shape index (κ2) is 8.80. The van der Waals surface area contributed by atoms with Gasteiger partial charge in [0.05, 0.1) is 13.3 Å². The first kappa shape index (κ1) is 17.7. The van der Waals surface area contributed by atoms with Gasteiger partial charge in [-0.25, -0.2) is 0 Å². The number of ether oxygens (including phenoxy) is 1. The predicted octanol–water partition coefficient (Wildman–Crippen LogP) is 3.46. The molecular formula is C20H23N5O. The quantitative estimate of drug-likeness (QED) is 0.649. The molecule has 26 heavy (non-hydrogen) atoms. The highest BCUT2D eigenvalue weighted by molar-refractivity contribution is 5.38. The van der Waals surface area contributed by atoms with Crippen molar-refractivity contribution in [2.24, 2.45) is 0 Å². The van der Waals surface area contributed by atoms with Crippen LogP contribution in [-0.4, -0.2) is 28.8 Å². The summed E-state index contributed by atoms with van der Waals surface area (Å²) >= 11 is 0. The van der Waals surface area contributed by atoms with E-state index in [9.17, 15) is 0 Å². The number of nitrogens with zero attached hydrogens (tertiary/aromatic N) is 3. The molecule has 0 spiro atoms. The molecule has 2 aromatic carbocycles. The van der Waals surface area contributed by atoms with Crippen molar-refractivity contribution in [3.8, 4) is 5.75 Å². The van der Waals surface area contributed by atoms with Crippen LogP contribution in [0.2, 0.25) is 0 Å². The number of aromatic nitrogens is 3. The Kier molecular flexibility index (Phi) is 5.98. The van der Waals surface area contributed by atoms with Crippen molar-refractivity contribution < 1.29 is 4.74 Å². The highest BCUT2D eigenvalue weighted by Gasteiger charge is 2.01. The molecule has 1 heterocycles. The number of rotatable bonds is 8. The summed E-state index contributed by atoms with van der Waals surface area (Å²) in [6.07, 6.45) is 2.50. The van der Waals surface area contributed by atoms with Gasteiger partial charge in [-0.1, -0.05) is 42.0 Å². The molecule has 0 aliphatic heterocycles. The van der Waals surface area contributed by atoms with Gasteiger partial charge in [-0.2, -0.15) is 10.1 Å². The Morgan fingerprint density at radius 3 is 2.38 bits per heavy atom. The Labute approximate surface area is 153 Å². The third-order valence-corrected chi connectivity index (χ3v) is 4.01. The topological polar surface area (TPSA) is 72.0 Å². The second-order valence-electron chi connectivity index (χ2n) is 6.03. The molecule has 0 aliphatic carbocycles. The smallest absolute Gasteiger partial charge is 0.244 e. The molecule has 6 nitrogen and oxygen atoms in total. The molecule has 134 valence electrons. The fraction of sp³-hybridized carbons (Fsp3) is 0.250. The van der Waals surface area contributed by atoms with Crippen LogP contribution < -0.4 is 15.4 Å². The molecule has 0 atom stereocenters. The summed E-state index contributed by atoms with van der Waals surface area (Å²) in [5.41, 5.74) is 3.67. The lowest BCUT2D eigenvalue weighted by molar-refractivity contribution is 0.414. The van der Waals surface area contributed by atoms with Crippen LogP contribution >= 0.6 is 0 Å². The van der Waals surface area contributed by atoms with E-state index in [0.717, 1.165) is 18.7 Å². The monoisotopic (exact) mass is 349 g/mol. The van der Waals surface area contributed by atoms with E-state index < -0.39 is 0 Å². The molecule has 0 unspecified atom stereocenters. The highest BCUT2D eigenvalue weighted by Crippen LogP contribution is 2.12. The Morgan fingerprint density at radius 2 is 1.65 bits per heavy atom. The molecule has 0 saturated heterocycles. The molecule has 1 aromatic heterocycles. The standard InChI is InChI=1S/C20H23N5O/c1-15-3-5-17(6-4-15)13-22-19-14-23-25-20(24-19)21-12-11-16-7-9-18(26-2)10-8-16/h3-10,14H,11-13H2,1-2H3,(H2,21,22,24,25). The predicted molar refractivity (Wildman–Crippen MR) is 104 cm³/mol. The van der Waals surface area contributed by atoms with Gasteiger partial charge >= 0.3 is 0 Å². The van der Waals surface area contributed by atoms with Crippen molar-refractivity contribution >= 4 is 11.8 Å². The number of benzene rings is 2.